The summed E-state index contributed by atoms with van der Waals surface area (Å²) in [5.74, 6) is 0.803. The molecule has 0 saturated carbocycles. The van der Waals surface area contributed by atoms with Gasteiger partial charge in [-0.25, -0.2) is 0 Å². The number of aromatic nitrogens is 3. The Morgan fingerprint density at radius 3 is 2.75 bits per heavy atom. The number of aryl methyl sites for hydroxylation is 1. The van der Waals surface area contributed by atoms with Crippen LogP contribution >= 0.6 is 0 Å². The molecule has 0 unspecified atom stereocenters. The fourth-order valence-corrected chi connectivity index (χ4v) is 2.92. The van der Waals surface area contributed by atoms with Crippen LogP contribution in [0.4, 0.5) is 0 Å². The Balaban J connectivity index is 1.64. The second-order valence-corrected chi connectivity index (χ2v) is 5.81. The minimum atomic E-state index is 0.803. The summed E-state index contributed by atoms with van der Waals surface area (Å²) < 4.78 is 11.5. The molecule has 5 nitrogen and oxygen atoms in total. The molecule has 0 bridgehead atoms. The van der Waals surface area contributed by atoms with Gasteiger partial charge in [-0.15, -0.1) is 0 Å². The molecule has 0 amide bonds. The lowest BCUT2D eigenvalue weighted by molar-refractivity contribution is 0.615. The van der Waals surface area contributed by atoms with Gasteiger partial charge in [-0.3, -0.25) is 10.1 Å². The van der Waals surface area contributed by atoms with Crippen molar-refractivity contribution in [2.45, 2.75) is 6.92 Å². The van der Waals surface area contributed by atoms with Gasteiger partial charge in [0.2, 0.25) is 0 Å². The van der Waals surface area contributed by atoms with E-state index in [0.29, 0.717) is 0 Å². The summed E-state index contributed by atoms with van der Waals surface area (Å²) >= 11 is 0. The highest BCUT2D eigenvalue weighted by Crippen LogP contribution is 2.32. The van der Waals surface area contributed by atoms with Crippen LogP contribution in [0, 0.1) is 6.92 Å². The molecule has 0 aliphatic rings. The molecule has 0 aliphatic heterocycles. The largest absolute Gasteiger partial charge is 0.464 e. The summed E-state index contributed by atoms with van der Waals surface area (Å²) in [5.41, 5.74) is 5.33. The number of fused-ring (bicyclic) bond motifs is 2. The van der Waals surface area contributed by atoms with Crippen molar-refractivity contribution in [2.75, 3.05) is 0 Å². The average molecular weight is 315 g/mol. The van der Waals surface area contributed by atoms with Crippen molar-refractivity contribution in [1.82, 2.24) is 15.2 Å². The van der Waals surface area contributed by atoms with Gasteiger partial charge in [-0.1, -0.05) is 0 Å². The van der Waals surface area contributed by atoms with Crippen LogP contribution in [-0.2, 0) is 0 Å². The van der Waals surface area contributed by atoms with Crippen LogP contribution in [0.3, 0.4) is 0 Å². The Hall–Kier alpha value is -3.34. The van der Waals surface area contributed by atoms with Crippen molar-refractivity contribution in [3.8, 4) is 22.7 Å². The molecule has 5 aromatic rings. The molecule has 4 heterocycles. The Labute approximate surface area is 136 Å². The van der Waals surface area contributed by atoms with E-state index in [-0.39, 0.29) is 0 Å². The maximum atomic E-state index is 6.03. The monoisotopic (exact) mass is 315 g/mol. The number of hydrogen-bond acceptors (Lipinski definition) is 4. The van der Waals surface area contributed by atoms with Gasteiger partial charge in [0.1, 0.15) is 16.9 Å². The van der Waals surface area contributed by atoms with Crippen molar-refractivity contribution in [3.63, 3.8) is 0 Å². The molecule has 0 saturated heterocycles. The molecule has 116 valence electrons. The lowest BCUT2D eigenvalue weighted by Crippen LogP contribution is -1.84. The Kier molecular flexibility index (Phi) is 2.64. The highest BCUT2D eigenvalue weighted by molar-refractivity contribution is 5.95. The summed E-state index contributed by atoms with van der Waals surface area (Å²) in [6, 6.07) is 13.9. The van der Waals surface area contributed by atoms with Crippen molar-refractivity contribution in [2.24, 2.45) is 0 Å². The van der Waals surface area contributed by atoms with E-state index in [1.165, 1.54) is 0 Å². The van der Waals surface area contributed by atoms with Gasteiger partial charge in [0.25, 0.3) is 0 Å². The van der Waals surface area contributed by atoms with Gasteiger partial charge in [-0.05, 0) is 49.4 Å². The van der Waals surface area contributed by atoms with Gasteiger partial charge in [-0.2, -0.15) is 5.10 Å². The molecule has 4 aromatic heterocycles. The second kappa shape index (κ2) is 4.83. The summed E-state index contributed by atoms with van der Waals surface area (Å²) in [6.45, 7) is 1.94. The SMILES string of the molecule is Cc1cc(-c2cc(-c3cc4cc5occc5cc4o3)ccn2)[nH]n1. The van der Waals surface area contributed by atoms with Crippen LogP contribution in [0.2, 0.25) is 0 Å². The number of rotatable bonds is 2. The minimum Gasteiger partial charge on any atom is -0.464 e. The Morgan fingerprint density at radius 1 is 0.958 bits per heavy atom. The van der Waals surface area contributed by atoms with Crippen LogP contribution in [0.15, 0.2) is 63.8 Å². The topological polar surface area (TPSA) is 67.8 Å². The molecule has 0 spiro atoms. The van der Waals surface area contributed by atoms with Gasteiger partial charge in [0.15, 0.2) is 0 Å². The number of furan rings is 2. The van der Waals surface area contributed by atoms with Crippen LogP contribution < -0.4 is 0 Å². The highest BCUT2D eigenvalue weighted by atomic mass is 16.3. The van der Waals surface area contributed by atoms with Crippen molar-refractivity contribution in [1.29, 1.82) is 0 Å². The molecule has 0 aliphatic carbocycles. The summed E-state index contributed by atoms with van der Waals surface area (Å²) in [6.07, 6.45) is 3.46. The zero-order valence-corrected chi connectivity index (χ0v) is 12.9. The van der Waals surface area contributed by atoms with Crippen LogP contribution in [-0.4, -0.2) is 15.2 Å². The van der Waals surface area contributed by atoms with Crippen LogP contribution in [0.5, 0.6) is 0 Å². The average Bonchev–Trinajstić information content (AvgIpc) is 3.31. The van der Waals surface area contributed by atoms with Gasteiger partial charge in [0, 0.05) is 22.5 Å². The quantitative estimate of drug-likeness (QED) is 0.501. The molecular formula is C19H13N3O2. The predicted octanol–water partition coefficient (Wildman–Crippen LogP) is 4.94. The van der Waals surface area contributed by atoms with E-state index in [4.69, 9.17) is 8.83 Å². The number of hydrogen-bond donors (Lipinski definition) is 1. The smallest absolute Gasteiger partial charge is 0.135 e. The first-order chi connectivity index (χ1) is 11.8. The van der Waals surface area contributed by atoms with E-state index < -0.39 is 0 Å². The van der Waals surface area contributed by atoms with Crippen molar-refractivity contribution in [3.05, 3.63) is 60.6 Å². The molecule has 0 fully saturated rings. The third-order valence-corrected chi connectivity index (χ3v) is 4.12. The first-order valence-electron chi connectivity index (χ1n) is 7.66. The predicted molar refractivity (Wildman–Crippen MR) is 91.5 cm³/mol. The fourth-order valence-electron chi connectivity index (χ4n) is 2.92. The molecule has 1 N–H and O–H groups in total. The number of nitrogens with one attached hydrogen (secondary N) is 1. The summed E-state index contributed by atoms with van der Waals surface area (Å²) in [5, 5.41) is 9.20. The third-order valence-electron chi connectivity index (χ3n) is 4.12. The summed E-state index contributed by atoms with van der Waals surface area (Å²) in [4.78, 5) is 4.41. The van der Waals surface area contributed by atoms with Crippen molar-refractivity contribution < 1.29 is 8.83 Å². The van der Waals surface area contributed by atoms with E-state index in [9.17, 15) is 0 Å². The first-order valence-corrected chi connectivity index (χ1v) is 7.66. The Morgan fingerprint density at radius 2 is 1.88 bits per heavy atom. The standard InChI is InChI=1S/C19H13N3O2/c1-11-6-16(22-21-11)15-7-12(2-4-20-15)18-10-14-9-17-13(3-5-23-17)8-19(14)24-18/h2-10H,1H3,(H,21,22). The fraction of sp³-hybridized carbons (Fsp3) is 0.0526. The molecule has 5 rings (SSSR count). The number of nitrogens with zero attached hydrogens (tertiary/aromatic N) is 2. The normalized spacial score (nSPS) is 11.5. The summed E-state index contributed by atoms with van der Waals surface area (Å²) in [7, 11) is 0. The number of benzene rings is 1. The Bertz CT molecular complexity index is 1130. The molecule has 0 radical (unpaired) electrons. The highest BCUT2D eigenvalue weighted by Gasteiger charge is 2.11. The maximum Gasteiger partial charge on any atom is 0.135 e. The molecule has 0 atom stereocenters. The molecular weight excluding hydrogens is 302 g/mol. The van der Waals surface area contributed by atoms with E-state index in [1.54, 1.807) is 12.5 Å². The number of pyridine rings is 1. The van der Waals surface area contributed by atoms with E-state index >= 15 is 0 Å². The molecule has 24 heavy (non-hydrogen) atoms. The van der Waals surface area contributed by atoms with E-state index in [2.05, 4.69) is 15.2 Å². The zero-order chi connectivity index (χ0) is 16.1. The van der Waals surface area contributed by atoms with Crippen molar-refractivity contribution >= 4 is 21.9 Å². The zero-order valence-electron chi connectivity index (χ0n) is 12.9. The lowest BCUT2D eigenvalue weighted by atomic mass is 10.1. The number of aromatic amines is 1. The van der Waals surface area contributed by atoms with Gasteiger partial charge < -0.3 is 8.83 Å². The maximum absolute atomic E-state index is 6.03. The molecule has 5 heteroatoms. The third kappa shape index (κ3) is 2.02. The lowest BCUT2D eigenvalue weighted by Gasteiger charge is -2.00. The van der Waals surface area contributed by atoms with Crippen LogP contribution in [0.25, 0.3) is 44.7 Å². The first kappa shape index (κ1) is 13.1. The van der Waals surface area contributed by atoms with E-state index in [0.717, 1.165) is 50.3 Å². The van der Waals surface area contributed by atoms with Gasteiger partial charge in [0.05, 0.1) is 23.3 Å². The van der Waals surface area contributed by atoms with Gasteiger partial charge >= 0.3 is 0 Å². The number of H-pyrrole nitrogens is 1. The minimum absolute atomic E-state index is 0.803. The van der Waals surface area contributed by atoms with Crippen LogP contribution in [0.1, 0.15) is 5.69 Å². The molecule has 1 aromatic carbocycles. The van der Waals surface area contributed by atoms with E-state index in [1.807, 2.05) is 49.4 Å². The second-order valence-electron chi connectivity index (χ2n) is 5.81.